The van der Waals surface area contributed by atoms with Crippen molar-refractivity contribution in [3.05, 3.63) is 9.98 Å². The van der Waals surface area contributed by atoms with E-state index in [9.17, 15) is 0 Å². The summed E-state index contributed by atoms with van der Waals surface area (Å²) in [6.07, 6.45) is 1.80. The van der Waals surface area contributed by atoms with E-state index < -0.39 is 0 Å². The van der Waals surface area contributed by atoms with Crippen LogP contribution in [-0.4, -0.2) is 22.7 Å². The van der Waals surface area contributed by atoms with Gasteiger partial charge in [0, 0.05) is 18.0 Å². The second kappa shape index (κ2) is 5.57. The highest BCUT2D eigenvalue weighted by molar-refractivity contribution is 9.10. The molecule has 1 heterocycles. The average molecular weight is 265 g/mol. The molecule has 0 aliphatic rings. The van der Waals surface area contributed by atoms with Crippen molar-refractivity contribution in [2.75, 3.05) is 11.9 Å². The molecule has 1 aromatic heterocycles. The van der Waals surface area contributed by atoms with E-state index in [2.05, 4.69) is 33.2 Å². The van der Waals surface area contributed by atoms with Crippen LogP contribution in [0.1, 0.15) is 19.8 Å². The number of nitrogens with zero attached hydrogens (tertiary/aromatic N) is 1. The third-order valence-electron chi connectivity index (χ3n) is 1.64. The predicted octanol–water partition coefficient (Wildman–Crippen LogP) is 2.48. The monoisotopic (exact) mass is 264 g/mol. The van der Waals surface area contributed by atoms with Gasteiger partial charge in [-0.1, -0.05) is 0 Å². The number of hydrogen-bond acceptors (Lipinski definition) is 4. The minimum absolute atomic E-state index is 0.258. The molecule has 0 saturated heterocycles. The highest BCUT2D eigenvalue weighted by Gasteiger charge is 2.04. The minimum Gasteiger partial charge on any atom is -0.396 e. The highest BCUT2D eigenvalue weighted by atomic mass is 79.9. The molecule has 3 nitrogen and oxygen atoms in total. The van der Waals surface area contributed by atoms with Gasteiger partial charge in [-0.25, -0.2) is 4.98 Å². The van der Waals surface area contributed by atoms with Crippen LogP contribution < -0.4 is 5.32 Å². The number of aliphatic hydroxyl groups excluding tert-OH is 1. The topological polar surface area (TPSA) is 45.1 Å². The zero-order valence-electron chi connectivity index (χ0n) is 7.46. The Hall–Kier alpha value is -0.130. The van der Waals surface area contributed by atoms with E-state index in [1.165, 1.54) is 0 Å². The molecule has 1 aromatic rings. The lowest BCUT2D eigenvalue weighted by Gasteiger charge is -2.11. The van der Waals surface area contributed by atoms with Crippen molar-refractivity contribution < 1.29 is 5.11 Å². The summed E-state index contributed by atoms with van der Waals surface area (Å²) in [7, 11) is 0. The minimum atomic E-state index is 0.258. The number of halogens is 1. The lowest BCUT2D eigenvalue weighted by molar-refractivity contribution is 0.282. The molecule has 0 spiro atoms. The Morgan fingerprint density at radius 1 is 1.77 bits per heavy atom. The molecule has 0 saturated carbocycles. The normalized spacial score (nSPS) is 12.8. The molecular formula is C8H13BrN2OS. The van der Waals surface area contributed by atoms with Crippen molar-refractivity contribution in [1.82, 2.24) is 4.98 Å². The maximum absolute atomic E-state index is 8.64. The van der Waals surface area contributed by atoms with Crippen LogP contribution in [0.5, 0.6) is 0 Å². The Balaban J connectivity index is 2.31. The van der Waals surface area contributed by atoms with Gasteiger partial charge in [-0.15, -0.1) is 11.3 Å². The molecule has 0 fully saturated rings. The Bertz CT molecular complexity index is 254. The molecule has 0 radical (unpaired) electrons. The van der Waals surface area contributed by atoms with Crippen molar-refractivity contribution in [2.45, 2.75) is 25.8 Å². The summed E-state index contributed by atoms with van der Waals surface area (Å²) in [6, 6.07) is 0.366. The third kappa shape index (κ3) is 4.06. The molecule has 0 bridgehead atoms. The van der Waals surface area contributed by atoms with Crippen molar-refractivity contribution in [2.24, 2.45) is 0 Å². The molecule has 13 heavy (non-hydrogen) atoms. The van der Waals surface area contributed by atoms with Gasteiger partial charge in [0.25, 0.3) is 0 Å². The van der Waals surface area contributed by atoms with Crippen LogP contribution in [0, 0.1) is 0 Å². The standard InChI is InChI=1S/C8H13BrN2OS/c1-6(3-2-4-12)10-8-11-7(9)5-13-8/h5-6,12H,2-4H2,1H3,(H,10,11). The second-order valence-corrected chi connectivity index (χ2v) is 4.56. The first-order valence-corrected chi connectivity index (χ1v) is 5.88. The summed E-state index contributed by atoms with van der Waals surface area (Å²) in [6.45, 7) is 2.35. The van der Waals surface area contributed by atoms with Crippen LogP contribution in [0.15, 0.2) is 9.98 Å². The molecule has 1 rings (SSSR count). The molecule has 1 atom stereocenters. The second-order valence-electron chi connectivity index (χ2n) is 2.89. The quantitative estimate of drug-likeness (QED) is 0.859. The number of rotatable bonds is 5. The highest BCUT2D eigenvalue weighted by Crippen LogP contribution is 2.20. The van der Waals surface area contributed by atoms with Crippen molar-refractivity contribution in [3.63, 3.8) is 0 Å². The van der Waals surface area contributed by atoms with E-state index in [-0.39, 0.29) is 6.61 Å². The van der Waals surface area contributed by atoms with Crippen LogP contribution in [0.3, 0.4) is 0 Å². The molecule has 2 N–H and O–H groups in total. The molecule has 5 heteroatoms. The van der Waals surface area contributed by atoms with Gasteiger partial charge in [0.2, 0.25) is 0 Å². The zero-order valence-corrected chi connectivity index (χ0v) is 9.86. The Morgan fingerprint density at radius 2 is 2.54 bits per heavy atom. The van der Waals surface area contributed by atoms with Gasteiger partial charge in [-0.05, 0) is 35.7 Å². The Morgan fingerprint density at radius 3 is 3.08 bits per heavy atom. The third-order valence-corrected chi connectivity index (χ3v) is 3.12. The first kappa shape index (κ1) is 10.9. The molecule has 0 aromatic carbocycles. The van der Waals surface area contributed by atoms with Gasteiger partial charge in [0.1, 0.15) is 4.60 Å². The van der Waals surface area contributed by atoms with E-state index in [0.717, 1.165) is 22.6 Å². The first-order valence-electron chi connectivity index (χ1n) is 4.21. The summed E-state index contributed by atoms with van der Waals surface area (Å²) in [5.74, 6) is 0. The van der Waals surface area contributed by atoms with Crippen LogP contribution >= 0.6 is 27.3 Å². The zero-order chi connectivity index (χ0) is 9.68. The summed E-state index contributed by atoms with van der Waals surface area (Å²) in [4.78, 5) is 4.22. The molecule has 0 amide bonds. The molecule has 1 unspecified atom stereocenters. The SMILES string of the molecule is CC(CCCO)Nc1nc(Br)cs1. The van der Waals surface area contributed by atoms with Crippen LogP contribution in [0.25, 0.3) is 0 Å². The summed E-state index contributed by atoms with van der Waals surface area (Å²) < 4.78 is 0.870. The average Bonchev–Trinajstić information content (AvgIpc) is 2.48. The number of aromatic nitrogens is 1. The fourth-order valence-electron chi connectivity index (χ4n) is 1.00. The van der Waals surface area contributed by atoms with Crippen LogP contribution in [0.2, 0.25) is 0 Å². The summed E-state index contributed by atoms with van der Waals surface area (Å²) in [5, 5.41) is 14.8. The van der Waals surface area contributed by atoms with Crippen LogP contribution in [0.4, 0.5) is 5.13 Å². The van der Waals surface area contributed by atoms with Crippen LogP contribution in [-0.2, 0) is 0 Å². The number of anilines is 1. The van der Waals surface area contributed by atoms with Crippen molar-refractivity contribution in [3.8, 4) is 0 Å². The van der Waals surface area contributed by atoms with E-state index in [0.29, 0.717) is 6.04 Å². The van der Waals surface area contributed by atoms with Gasteiger partial charge >= 0.3 is 0 Å². The Labute approximate surface area is 90.3 Å². The number of nitrogens with one attached hydrogen (secondary N) is 1. The van der Waals surface area contributed by atoms with E-state index in [1.54, 1.807) is 11.3 Å². The van der Waals surface area contributed by atoms with E-state index in [1.807, 2.05) is 5.38 Å². The fourth-order valence-corrected chi connectivity index (χ4v) is 2.26. The molecule has 0 aliphatic heterocycles. The lowest BCUT2D eigenvalue weighted by atomic mass is 10.2. The smallest absolute Gasteiger partial charge is 0.183 e. The predicted molar refractivity (Wildman–Crippen MR) is 59.2 cm³/mol. The maximum atomic E-state index is 8.64. The lowest BCUT2D eigenvalue weighted by Crippen LogP contribution is -2.15. The van der Waals surface area contributed by atoms with E-state index >= 15 is 0 Å². The number of thiazole rings is 1. The fraction of sp³-hybridized carbons (Fsp3) is 0.625. The summed E-state index contributed by atoms with van der Waals surface area (Å²) >= 11 is 4.87. The van der Waals surface area contributed by atoms with E-state index in [4.69, 9.17) is 5.11 Å². The van der Waals surface area contributed by atoms with Gasteiger partial charge in [-0.3, -0.25) is 0 Å². The molecule has 0 aliphatic carbocycles. The summed E-state index contributed by atoms with van der Waals surface area (Å²) in [5.41, 5.74) is 0. The Kier molecular flexibility index (Phi) is 4.69. The first-order chi connectivity index (χ1) is 6.22. The van der Waals surface area contributed by atoms with Gasteiger partial charge in [0.15, 0.2) is 5.13 Å². The largest absolute Gasteiger partial charge is 0.396 e. The molecule has 74 valence electrons. The number of aliphatic hydroxyl groups is 1. The van der Waals surface area contributed by atoms with Crippen molar-refractivity contribution >= 4 is 32.4 Å². The molecular weight excluding hydrogens is 252 g/mol. The van der Waals surface area contributed by atoms with Crippen molar-refractivity contribution in [1.29, 1.82) is 0 Å². The maximum Gasteiger partial charge on any atom is 0.183 e. The van der Waals surface area contributed by atoms with Gasteiger partial charge < -0.3 is 10.4 Å². The number of hydrogen-bond donors (Lipinski definition) is 2. The van der Waals surface area contributed by atoms with Gasteiger partial charge in [-0.2, -0.15) is 0 Å². The van der Waals surface area contributed by atoms with Gasteiger partial charge in [0.05, 0.1) is 0 Å².